The average Bonchev–Trinajstić information content (AvgIpc) is 3.34. The number of carbonyl (C=O) groups excluding carboxylic acids is 9. The van der Waals surface area contributed by atoms with Gasteiger partial charge in [-0.15, -0.1) is 0 Å². The van der Waals surface area contributed by atoms with Crippen molar-refractivity contribution < 1.29 is 58.2 Å². The van der Waals surface area contributed by atoms with Crippen LogP contribution in [0.1, 0.15) is 125 Å². The molecule has 0 fully saturated rings. The first-order chi connectivity index (χ1) is 34.8. The Morgan fingerprint density at radius 3 is 1.50 bits per heavy atom. The molecule has 0 radical (unpaired) electrons. The zero-order valence-corrected chi connectivity index (χ0v) is 44.1. The number of rotatable bonds is 38. The van der Waals surface area contributed by atoms with Crippen LogP contribution in [0.4, 0.5) is 0 Å². The minimum Gasteiger partial charge on any atom is -0.481 e. The number of nitrogens with zero attached hydrogens (tertiary/aromatic N) is 2. The molecule has 0 saturated carbocycles. The van der Waals surface area contributed by atoms with Gasteiger partial charge in [0.1, 0.15) is 17.9 Å². The standard InChI is InChI=1S/C51H83N11O12/c1-8-28(3)35(48(73)59-32(7)45(52)70)24-42(66)37(22-33-16-11-10-12-17-33)61-49(74)36(29(4)9-2)25-43(67)38(26-44(68)69)60-46(71)31(6)21-41(65)39(27-63)62-47(72)34(18-14-20-58-51(55)56)23-40(64)30(5)15-13-19-57-50(53)54/h10-12,16-17,28-32,34-39,63H,8-9,13-15,18-27H2,1-7H3,(H2,52,70)(H,59,73)(H,60,71)(H,61,74)(H,62,72)(H,68,69)(H4,53,54,57)(H4,55,56,58)/t28-,29-,30-,31+,32-,34+,35-,36-,37-,38-,39-/m0/s1. The Bertz CT molecular complexity index is 2110. The van der Waals surface area contributed by atoms with Crippen molar-refractivity contribution in [3.05, 3.63) is 35.9 Å². The van der Waals surface area contributed by atoms with Gasteiger partial charge in [0.25, 0.3) is 0 Å². The molecule has 5 amide bonds. The lowest BCUT2D eigenvalue weighted by Gasteiger charge is -2.28. The number of carboxylic acid groups (broad SMARTS) is 1. The Labute approximate surface area is 434 Å². The van der Waals surface area contributed by atoms with E-state index >= 15 is 0 Å². The van der Waals surface area contributed by atoms with Crippen LogP contribution in [0.25, 0.3) is 0 Å². The molecule has 23 nitrogen and oxygen atoms in total. The van der Waals surface area contributed by atoms with Crippen molar-refractivity contribution in [1.82, 2.24) is 21.3 Å². The number of guanidine groups is 2. The van der Waals surface area contributed by atoms with E-state index in [4.69, 9.17) is 28.7 Å². The smallest absolute Gasteiger partial charge is 0.305 e. The third-order valence-electron chi connectivity index (χ3n) is 13.3. The number of nitrogens with one attached hydrogen (secondary N) is 4. The quantitative estimate of drug-likeness (QED) is 0.0241. The van der Waals surface area contributed by atoms with Gasteiger partial charge in [-0.3, -0.25) is 57.9 Å². The van der Waals surface area contributed by atoms with Crippen molar-refractivity contribution in [2.75, 3.05) is 19.7 Å². The molecule has 1 aromatic rings. The van der Waals surface area contributed by atoms with Crippen LogP contribution < -0.4 is 49.9 Å². The average molecular weight is 1040 g/mol. The van der Waals surface area contributed by atoms with Crippen molar-refractivity contribution in [3.63, 3.8) is 0 Å². The molecular weight excluding hydrogens is 959 g/mol. The molecule has 0 heterocycles. The van der Waals surface area contributed by atoms with Gasteiger partial charge in [0.15, 0.2) is 29.3 Å². The van der Waals surface area contributed by atoms with Gasteiger partial charge in [-0.05, 0) is 56.4 Å². The lowest BCUT2D eigenvalue weighted by molar-refractivity contribution is -0.141. The maximum absolute atomic E-state index is 14.3. The maximum atomic E-state index is 14.3. The number of nitrogens with two attached hydrogens (primary N) is 5. The molecule has 1 rings (SSSR count). The molecule has 0 aromatic heterocycles. The normalized spacial score (nSPS) is 15.6. The summed E-state index contributed by atoms with van der Waals surface area (Å²) in [6, 6.07) is 3.46. The van der Waals surface area contributed by atoms with Crippen LogP contribution in [0.15, 0.2) is 40.3 Å². The van der Waals surface area contributed by atoms with Gasteiger partial charge in [0.2, 0.25) is 29.5 Å². The molecule has 0 unspecified atom stereocenters. The van der Waals surface area contributed by atoms with Crippen LogP contribution in [-0.4, -0.2) is 125 Å². The van der Waals surface area contributed by atoms with Crippen LogP contribution >= 0.6 is 0 Å². The summed E-state index contributed by atoms with van der Waals surface area (Å²) in [5, 5.41) is 30.3. The highest BCUT2D eigenvalue weighted by Gasteiger charge is 2.37. The van der Waals surface area contributed by atoms with E-state index in [0.29, 0.717) is 44.2 Å². The summed E-state index contributed by atoms with van der Waals surface area (Å²) < 4.78 is 0. The number of aliphatic hydroxyl groups is 1. The first-order valence-corrected chi connectivity index (χ1v) is 25.3. The Morgan fingerprint density at radius 1 is 0.541 bits per heavy atom. The van der Waals surface area contributed by atoms with E-state index in [-0.39, 0.29) is 55.8 Å². The van der Waals surface area contributed by atoms with Crippen LogP contribution in [0.2, 0.25) is 0 Å². The molecule has 16 N–H and O–H groups in total. The van der Waals surface area contributed by atoms with Crippen LogP contribution in [0.3, 0.4) is 0 Å². The number of carbonyl (C=O) groups is 10. The SMILES string of the molecule is CC[C@H](C)[C@H](CC(=O)[C@H](Cc1ccccc1)NC(=O)[C@@H](CC(=O)[C@H](CC(=O)O)NC(=O)[C@H](C)CC(=O)[C@H](CO)NC(=O)[C@H](CCCN=C(N)N)CC(=O)[C@@H](C)CCCN=C(N)N)[C@@H](C)CC)C(=O)N[C@@H](C)C(N)=O. The van der Waals surface area contributed by atoms with E-state index in [0.717, 1.165) is 0 Å². The van der Waals surface area contributed by atoms with E-state index < -0.39 is 138 Å². The van der Waals surface area contributed by atoms with E-state index in [1.54, 1.807) is 58.0 Å². The minimum absolute atomic E-state index is 0.0259. The van der Waals surface area contributed by atoms with Crippen molar-refractivity contribution in [3.8, 4) is 0 Å². The van der Waals surface area contributed by atoms with Crippen LogP contribution in [-0.2, 0) is 54.4 Å². The molecule has 0 spiro atoms. The van der Waals surface area contributed by atoms with E-state index in [1.807, 2.05) is 6.92 Å². The Kier molecular flexibility index (Phi) is 29.8. The first kappa shape index (κ1) is 65.2. The molecular formula is C51H83N11O12. The summed E-state index contributed by atoms with van der Waals surface area (Å²) in [7, 11) is 0. The first-order valence-electron chi connectivity index (χ1n) is 25.3. The molecule has 414 valence electrons. The zero-order valence-electron chi connectivity index (χ0n) is 44.1. The summed E-state index contributed by atoms with van der Waals surface area (Å²) in [5.41, 5.74) is 27.7. The van der Waals surface area contributed by atoms with Crippen molar-refractivity contribution in [1.29, 1.82) is 0 Å². The summed E-state index contributed by atoms with van der Waals surface area (Å²) in [6.45, 7) is 11.2. The van der Waals surface area contributed by atoms with Gasteiger partial charge in [-0.1, -0.05) is 84.7 Å². The molecule has 1 aromatic carbocycles. The van der Waals surface area contributed by atoms with Crippen molar-refractivity contribution in [2.24, 2.45) is 80.1 Å². The summed E-state index contributed by atoms with van der Waals surface area (Å²) in [4.78, 5) is 142. The lowest BCUT2D eigenvalue weighted by atomic mass is 9.83. The van der Waals surface area contributed by atoms with Crippen LogP contribution in [0.5, 0.6) is 0 Å². The molecule has 0 aliphatic heterocycles. The highest BCUT2D eigenvalue weighted by Crippen LogP contribution is 2.25. The number of primary amides is 1. The second-order valence-corrected chi connectivity index (χ2v) is 19.3. The predicted octanol–water partition coefficient (Wildman–Crippen LogP) is 0.297. The highest BCUT2D eigenvalue weighted by atomic mass is 16.4. The molecule has 11 atom stereocenters. The number of aliphatic carboxylic acids is 1. The van der Waals surface area contributed by atoms with Gasteiger partial charge < -0.3 is 60.1 Å². The van der Waals surface area contributed by atoms with E-state index in [9.17, 15) is 58.2 Å². The van der Waals surface area contributed by atoms with Gasteiger partial charge in [0.05, 0.1) is 25.1 Å². The maximum Gasteiger partial charge on any atom is 0.305 e. The highest BCUT2D eigenvalue weighted by molar-refractivity contribution is 5.99. The zero-order chi connectivity index (χ0) is 56.2. The molecule has 0 bridgehead atoms. The second-order valence-electron chi connectivity index (χ2n) is 19.3. The number of benzene rings is 1. The number of ketones is 4. The number of hydrogen-bond acceptors (Lipinski definition) is 13. The number of carboxylic acids is 1. The largest absolute Gasteiger partial charge is 0.481 e. The lowest BCUT2D eigenvalue weighted by Crippen LogP contribution is -2.50. The van der Waals surface area contributed by atoms with Gasteiger partial charge in [-0.2, -0.15) is 0 Å². The third-order valence-corrected chi connectivity index (χ3v) is 13.3. The van der Waals surface area contributed by atoms with E-state index in [1.165, 1.54) is 13.8 Å². The number of aliphatic imine (C=N–C) groups is 2. The third kappa shape index (κ3) is 24.3. The number of hydrogen-bond donors (Lipinski definition) is 11. The van der Waals surface area contributed by atoms with Crippen LogP contribution in [0, 0.1) is 41.4 Å². The molecule has 23 heteroatoms. The summed E-state index contributed by atoms with van der Waals surface area (Å²) >= 11 is 0. The van der Waals surface area contributed by atoms with Gasteiger partial charge in [0, 0.05) is 68.4 Å². The molecule has 0 aliphatic rings. The van der Waals surface area contributed by atoms with Gasteiger partial charge >= 0.3 is 5.97 Å². The number of amides is 5. The molecule has 0 aliphatic carbocycles. The number of aliphatic hydroxyl groups excluding tert-OH is 1. The molecule has 0 saturated heterocycles. The summed E-state index contributed by atoms with van der Waals surface area (Å²) in [6.07, 6.45) is -0.200. The topological polar surface area (TPSA) is 414 Å². The summed E-state index contributed by atoms with van der Waals surface area (Å²) in [5.74, 6) is -13.1. The molecule has 74 heavy (non-hydrogen) atoms. The Balaban J connectivity index is 3.31. The fraction of sp³-hybridized carbons (Fsp3) is 0.647. The minimum atomic E-state index is -1.66. The van der Waals surface area contributed by atoms with E-state index in [2.05, 4.69) is 31.3 Å². The Hall–Kier alpha value is -6.78. The Morgan fingerprint density at radius 2 is 1.01 bits per heavy atom. The van der Waals surface area contributed by atoms with Gasteiger partial charge in [-0.25, -0.2) is 0 Å². The monoisotopic (exact) mass is 1040 g/mol. The van der Waals surface area contributed by atoms with Crippen molar-refractivity contribution in [2.45, 2.75) is 150 Å². The fourth-order valence-corrected chi connectivity index (χ4v) is 8.03. The van der Waals surface area contributed by atoms with Crippen molar-refractivity contribution >= 4 is 70.6 Å². The fourth-order valence-electron chi connectivity index (χ4n) is 8.03. The predicted molar refractivity (Wildman–Crippen MR) is 278 cm³/mol. The second kappa shape index (κ2) is 33.9. The number of Topliss-reactive ketones (excluding diaryl/α,β-unsaturated/α-hetero) is 4.